The molecule has 4 nitrogen and oxygen atoms in total. The van der Waals surface area contributed by atoms with Crippen LogP contribution in [0.15, 0.2) is 29.3 Å². The number of aliphatic imine (C=N–C) groups is 1. The lowest BCUT2D eigenvalue weighted by Gasteiger charge is -2.30. The van der Waals surface area contributed by atoms with Crippen molar-refractivity contribution >= 4 is 11.6 Å². The van der Waals surface area contributed by atoms with E-state index in [9.17, 15) is 0 Å². The van der Waals surface area contributed by atoms with Crippen LogP contribution in [-0.4, -0.2) is 37.0 Å². The lowest BCUT2D eigenvalue weighted by molar-refractivity contribution is 0.205. The summed E-state index contributed by atoms with van der Waals surface area (Å²) in [6.45, 7) is 6.98. The minimum Gasteiger partial charge on any atom is -0.370 e. The van der Waals surface area contributed by atoms with Gasteiger partial charge in [-0.1, -0.05) is 17.7 Å². The van der Waals surface area contributed by atoms with Gasteiger partial charge in [-0.15, -0.1) is 0 Å². The zero-order valence-corrected chi connectivity index (χ0v) is 12.0. The number of hydrogen-bond donors (Lipinski definition) is 2. The predicted molar refractivity (Wildman–Crippen MR) is 79.1 cm³/mol. The van der Waals surface area contributed by atoms with E-state index in [2.05, 4.69) is 36.0 Å². The average Bonchev–Trinajstić information content (AvgIpc) is 2.29. The standard InChI is InChI=1S/C14H24N4/c1-11-6-8-12(9-7-11)17-13(15)16-10-14(2,3)18(4)5/h6-9H,10H2,1-5H3,(H3,15,16,17). The second kappa shape index (κ2) is 5.87. The molecule has 0 spiro atoms. The Bertz CT molecular complexity index is 404. The molecule has 0 aliphatic rings. The molecule has 0 saturated heterocycles. The number of benzene rings is 1. The smallest absolute Gasteiger partial charge is 0.193 e. The molecule has 18 heavy (non-hydrogen) atoms. The van der Waals surface area contributed by atoms with Crippen LogP contribution in [0.25, 0.3) is 0 Å². The number of nitrogens with two attached hydrogens (primary N) is 1. The predicted octanol–water partition coefficient (Wildman–Crippen LogP) is 2.06. The van der Waals surface area contributed by atoms with Crippen molar-refractivity contribution in [1.82, 2.24) is 4.90 Å². The Morgan fingerprint density at radius 2 is 1.83 bits per heavy atom. The van der Waals surface area contributed by atoms with Gasteiger partial charge in [-0.05, 0) is 47.0 Å². The van der Waals surface area contributed by atoms with Crippen LogP contribution in [-0.2, 0) is 0 Å². The number of nitrogens with one attached hydrogen (secondary N) is 1. The zero-order chi connectivity index (χ0) is 13.8. The van der Waals surface area contributed by atoms with Crippen LogP contribution < -0.4 is 11.1 Å². The summed E-state index contributed by atoms with van der Waals surface area (Å²) < 4.78 is 0. The third-order valence-electron chi connectivity index (χ3n) is 3.17. The van der Waals surface area contributed by atoms with Crippen molar-refractivity contribution in [3.63, 3.8) is 0 Å². The summed E-state index contributed by atoms with van der Waals surface area (Å²) >= 11 is 0. The van der Waals surface area contributed by atoms with E-state index in [0.717, 1.165) is 5.69 Å². The van der Waals surface area contributed by atoms with Crippen LogP contribution in [0.5, 0.6) is 0 Å². The fraction of sp³-hybridized carbons (Fsp3) is 0.500. The molecule has 1 aromatic carbocycles. The highest BCUT2D eigenvalue weighted by molar-refractivity contribution is 5.92. The molecule has 0 saturated carbocycles. The van der Waals surface area contributed by atoms with E-state index >= 15 is 0 Å². The SMILES string of the molecule is Cc1ccc(NC(N)=NCC(C)(C)N(C)C)cc1. The van der Waals surface area contributed by atoms with Crippen molar-refractivity contribution in [2.45, 2.75) is 26.3 Å². The fourth-order valence-electron chi connectivity index (χ4n) is 1.24. The highest BCUT2D eigenvalue weighted by atomic mass is 15.2. The van der Waals surface area contributed by atoms with Crippen molar-refractivity contribution < 1.29 is 0 Å². The molecule has 4 heteroatoms. The van der Waals surface area contributed by atoms with Crippen LogP contribution in [0.2, 0.25) is 0 Å². The van der Waals surface area contributed by atoms with Crippen molar-refractivity contribution in [1.29, 1.82) is 0 Å². The van der Waals surface area contributed by atoms with Crippen molar-refractivity contribution in [2.24, 2.45) is 10.7 Å². The first-order valence-corrected chi connectivity index (χ1v) is 6.12. The maximum absolute atomic E-state index is 5.87. The summed E-state index contributed by atoms with van der Waals surface area (Å²) in [6, 6.07) is 8.07. The molecule has 0 aliphatic carbocycles. The van der Waals surface area contributed by atoms with Crippen LogP contribution >= 0.6 is 0 Å². The molecule has 1 aromatic rings. The molecule has 1 rings (SSSR count). The zero-order valence-electron chi connectivity index (χ0n) is 12.0. The topological polar surface area (TPSA) is 53.6 Å². The Morgan fingerprint density at radius 3 is 2.33 bits per heavy atom. The van der Waals surface area contributed by atoms with E-state index in [-0.39, 0.29) is 5.54 Å². The van der Waals surface area contributed by atoms with Crippen LogP contribution in [0.1, 0.15) is 19.4 Å². The van der Waals surface area contributed by atoms with E-state index in [1.165, 1.54) is 5.56 Å². The van der Waals surface area contributed by atoms with Gasteiger partial charge in [0, 0.05) is 11.2 Å². The number of likely N-dealkylation sites (N-methyl/N-ethyl adjacent to an activating group) is 1. The quantitative estimate of drug-likeness (QED) is 0.633. The van der Waals surface area contributed by atoms with Gasteiger partial charge >= 0.3 is 0 Å². The molecule has 3 N–H and O–H groups in total. The number of hydrogen-bond acceptors (Lipinski definition) is 2. The molecule has 0 heterocycles. The van der Waals surface area contributed by atoms with Gasteiger partial charge in [0.15, 0.2) is 5.96 Å². The summed E-state index contributed by atoms with van der Waals surface area (Å²) in [5.41, 5.74) is 8.06. The monoisotopic (exact) mass is 248 g/mol. The summed E-state index contributed by atoms with van der Waals surface area (Å²) in [7, 11) is 4.08. The molecule has 100 valence electrons. The van der Waals surface area contributed by atoms with E-state index < -0.39 is 0 Å². The number of aryl methyl sites for hydroxylation is 1. The molecular formula is C14H24N4. The lowest BCUT2D eigenvalue weighted by atomic mass is 10.1. The van der Waals surface area contributed by atoms with Gasteiger partial charge in [0.05, 0.1) is 6.54 Å². The van der Waals surface area contributed by atoms with Gasteiger partial charge in [0.2, 0.25) is 0 Å². The molecule has 0 fully saturated rings. The Balaban J connectivity index is 2.60. The lowest BCUT2D eigenvalue weighted by Crippen LogP contribution is -2.41. The van der Waals surface area contributed by atoms with E-state index in [0.29, 0.717) is 12.5 Å². The van der Waals surface area contributed by atoms with Crippen molar-refractivity contribution in [3.8, 4) is 0 Å². The highest BCUT2D eigenvalue weighted by Gasteiger charge is 2.19. The second-order valence-corrected chi connectivity index (χ2v) is 5.40. The van der Waals surface area contributed by atoms with Gasteiger partial charge in [-0.3, -0.25) is 4.99 Å². The van der Waals surface area contributed by atoms with E-state index in [1.54, 1.807) is 0 Å². The number of anilines is 1. The Labute approximate surface area is 110 Å². The summed E-state index contributed by atoms with van der Waals surface area (Å²) in [6.07, 6.45) is 0. The van der Waals surface area contributed by atoms with E-state index in [4.69, 9.17) is 5.73 Å². The molecule has 0 amide bonds. The largest absolute Gasteiger partial charge is 0.370 e. The normalized spacial score (nSPS) is 12.9. The number of nitrogens with zero attached hydrogens (tertiary/aromatic N) is 2. The van der Waals surface area contributed by atoms with Crippen LogP contribution in [0, 0.1) is 6.92 Å². The molecule has 0 aliphatic heterocycles. The van der Waals surface area contributed by atoms with Gasteiger partial charge in [-0.25, -0.2) is 0 Å². The first kappa shape index (κ1) is 14.5. The minimum absolute atomic E-state index is 0.000421. The highest BCUT2D eigenvalue weighted by Crippen LogP contribution is 2.11. The number of rotatable bonds is 4. The fourth-order valence-corrected chi connectivity index (χ4v) is 1.24. The Morgan fingerprint density at radius 1 is 1.28 bits per heavy atom. The molecule has 0 aromatic heterocycles. The first-order valence-electron chi connectivity index (χ1n) is 6.12. The van der Waals surface area contributed by atoms with Crippen molar-refractivity contribution in [2.75, 3.05) is 26.0 Å². The minimum atomic E-state index is -0.000421. The third-order valence-corrected chi connectivity index (χ3v) is 3.17. The Hall–Kier alpha value is -1.55. The first-order chi connectivity index (χ1) is 8.31. The summed E-state index contributed by atoms with van der Waals surface area (Å²) in [5.74, 6) is 0.453. The summed E-state index contributed by atoms with van der Waals surface area (Å²) in [5, 5.41) is 3.09. The van der Waals surface area contributed by atoms with Crippen molar-refractivity contribution in [3.05, 3.63) is 29.8 Å². The van der Waals surface area contributed by atoms with Gasteiger partial charge in [-0.2, -0.15) is 0 Å². The van der Waals surface area contributed by atoms with Crippen LogP contribution in [0.4, 0.5) is 5.69 Å². The Kier molecular flexibility index (Phi) is 4.73. The van der Waals surface area contributed by atoms with Gasteiger partial charge in [0.1, 0.15) is 0 Å². The maximum Gasteiger partial charge on any atom is 0.193 e. The maximum atomic E-state index is 5.87. The number of guanidine groups is 1. The van der Waals surface area contributed by atoms with Crippen LogP contribution in [0.3, 0.4) is 0 Å². The summed E-state index contributed by atoms with van der Waals surface area (Å²) in [4.78, 5) is 6.51. The van der Waals surface area contributed by atoms with Gasteiger partial charge in [0.25, 0.3) is 0 Å². The molecule has 0 atom stereocenters. The third kappa shape index (κ3) is 4.37. The van der Waals surface area contributed by atoms with Gasteiger partial charge < -0.3 is 16.0 Å². The molecule has 0 bridgehead atoms. The molecule has 0 unspecified atom stereocenters. The second-order valence-electron chi connectivity index (χ2n) is 5.40. The molecule has 0 radical (unpaired) electrons. The van der Waals surface area contributed by atoms with E-state index in [1.807, 2.05) is 38.4 Å². The average molecular weight is 248 g/mol. The molecular weight excluding hydrogens is 224 g/mol.